The molecule has 2 aromatic rings. The molecule has 1 N–H and O–H groups in total. The van der Waals surface area contributed by atoms with Crippen LogP contribution >= 0.6 is 11.8 Å². The van der Waals surface area contributed by atoms with E-state index < -0.39 is 5.97 Å². The summed E-state index contributed by atoms with van der Waals surface area (Å²) in [6, 6.07) is 8.69. The Morgan fingerprint density at radius 2 is 1.95 bits per heavy atom. The van der Waals surface area contributed by atoms with Crippen molar-refractivity contribution in [2.45, 2.75) is 16.2 Å². The number of halogens is 1. The van der Waals surface area contributed by atoms with Crippen LogP contribution in [0.4, 0.5) is 4.39 Å². The summed E-state index contributed by atoms with van der Waals surface area (Å²) in [5, 5.41) is 9.01. The van der Waals surface area contributed by atoms with Gasteiger partial charge in [-0.25, -0.2) is 9.18 Å². The lowest BCUT2D eigenvalue weighted by Gasteiger charge is -2.06. The summed E-state index contributed by atoms with van der Waals surface area (Å²) in [4.78, 5) is 24.4. The zero-order chi connectivity index (χ0) is 14.3. The lowest BCUT2D eigenvalue weighted by molar-refractivity contribution is 0.0696. The Hall–Kier alpha value is -2.14. The number of hydrogen-bond donors (Lipinski definition) is 1. The van der Waals surface area contributed by atoms with E-state index in [9.17, 15) is 14.0 Å². The van der Waals surface area contributed by atoms with Crippen LogP contribution in [-0.4, -0.2) is 16.9 Å². The second-order valence-electron chi connectivity index (χ2n) is 4.47. The van der Waals surface area contributed by atoms with Gasteiger partial charge in [-0.05, 0) is 35.9 Å². The fourth-order valence-corrected chi connectivity index (χ4v) is 3.28. The molecule has 1 heterocycles. The predicted molar refractivity (Wildman–Crippen MR) is 72.0 cm³/mol. The molecule has 3 rings (SSSR count). The van der Waals surface area contributed by atoms with Gasteiger partial charge in [0.25, 0.3) is 0 Å². The number of rotatable bonds is 1. The fourth-order valence-electron chi connectivity index (χ4n) is 2.13. The number of carbonyl (C=O) groups excluding carboxylic acids is 1. The van der Waals surface area contributed by atoms with E-state index in [0.717, 1.165) is 5.56 Å². The smallest absolute Gasteiger partial charge is 0.335 e. The molecule has 0 spiro atoms. The standard InChI is InChI=1S/C15H9FO3S/c16-10-3-1-8-5-12(17)11-4-2-9(15(18)19)6-14(11)20-13(8)7-10/h1-4,6-7H,5H2,(H,18,19). The second-order valence-corrected chi connectivity index (χ2v) is 5.55. The number of Topliss-reactive ketones (excluding diaryl/α,β-unsaturated/α-hetero) is 1. The molecule has 0 atom stereocenters. The number of fused-ring (bicyclic) bond motifs is 2. The van der Waals surface area contributed by atoms with Gasteiger partial charge in [0.05, 0.1) is 5.56 Å². The summed E-state index contributed by atoms with van der Waals surface area (Å²) in [7, 11) is 0. The molecule has 0 amide bonds. The van der Waals surface area contributed by atoms with Crippen LogP contribution in [0, 0.1) is 5.82 Å². The minimum Gasteiger partial charge on any atom is -0.478 e. The van der Waals surface area contributed by atoms with Crippen LogP contribution in [-0.2, 0) is 6.42 Å². The van der Waals surface area contributed by atoms with Crippen molar-refractivity contribution in [1.82, 2.24) is 0 Å². The van der Waals surface area contributed by atoms with Gasteiger partial charge < -0.3 is 5.11 Å². The number of benzene rings is 2. The van der Waals surface area contributed by atoms with Gasteiger partial charge in [-0.2, -0.15) is 0 Å². The molecular formula is C15H9FO3S. The van der Waals surface area contributed by atoms with Gasteiger partial charge in [0.2, 0.25) is 0 Å². The van der Waals surface area contributed by atoms with E-state index >= 15 is 0 Å². The maximum absolute atomic E-state index is 13.3. The molecule has 1 aliphatic rings. The molecule has 0 saturated heterocycles. The number of carboxylic acids is 1. The van der Waals surface area contributed by atoms with Crippen LogP contribution in [0.15, 0.2) is 46.2 Å². The van der Waals surface area contributed by atoms with Gasteiger partial charge in [0.15, 0.2) is 5.78 Å². The van der Waals surface area contributed by atoms with Crippen molar-refractivity contribution in [3.8, 4) is 0 Å². The zero-order valence-corrected chi connectivity index (χ0v) is 11.0. The van der Waals surface area contributed by atoms with Crippen molar-refractivity contribution in [1.29, 1.82) is 0 Å². The highest BCUT2D eigenvalue weighted by atomic mass is 32.2. The number of ketones is 1. The summed E-state index contributed by atoms with van der Waals surface area (Å²) in [6.07, 6.45) is 0.196. The average Bonchev–Trinajstić information content (AvgIpc) is 2.54. The summed E-state index contributed by atoms with van der Waals surface area (Å²) >= 11 is 1.23. The SMILES string of the molecule is O=C(O)c1ccc2c(c1)Sc1cc(F)ccc1CC2=O. The third kappa shape index (κ3) is 2.20. The molecule has 0 aromatic heterocycles. The molecule has 5 heteroatoms. The molecule has 2 aromatic carbocycles. The van der Waals surface area contributed by atoms with E-state index in [-0.39, 0.29) is 23.6 Å². The summed E-state index contributed by atoms with van der Waals surface area (Å²) < 4.78 is 13.3. The Morgan fingerprint density at radius 3 is 2.70 bits per heavy atom. The first-order valence-corrected chi connectivity index (χ1v) is 6.73. The molecule has 1 aliphatic heterocycles. The van der Waals surface area contributed by atoms with Crippen molar-refractivity contribution in [2.75, 3.05) is 0 Å². The van der Waals surface area contributed by atoms with Crippen molar-refractivity contribution < 1.29 is 19.1 Å². The van der Waals surface area contributed by atoms with Crippen LogP contribution in [0.5, 0.6) is 0 Å². The van der Waals surface area contributed by atoms with Crippen LogP contribution in [0.3, 0.4) is 0 Å². The third-order valence-corrected chi connectivity index (χ3v) is 4.29. The van der Waals surface area contributed by atoms with E-state index in [2.05, 4.69) is 0 Å². The molecule has 0 saturated carbocycles. The first kappa shape index (κ1) is 12.9. The van der Waals surface area contributed by atoms with Gasteiger partial charge in [-0.15, -0.1) is 0 Å². The van der Waals surface area contributed by atoms with Crippen molar-refractivity contribution in [3.63, 3.8) is 0 Å². The molecule has 0 bridgehead atoms. The van der Waals surface area contributed by atoms with Crippen LogP contribution in [0.1, 0.15) is 26.3 Å². The van der Waals surface area contributed by atoms with E-state index in [1.165, 1.54) is 42.1 Å². The lowest BCUT2D eigenvalue weighted by atomic mass is 10.0. The van der Waals surface area contributed by atoms with E-state index in [1.807, 2.05) is 0 Å². The van der Waals surface area contributed by atoms with Crippen LogP contribution in [0.25, 0.3) is 0 Å². The molecule has 0 fully saturated rings. The van der Waals surface area contributed by atoms with Gasteiger partial charge >= 0.3 is 5.97 Å². The zero-order valence-electron chi connectivity index (χ0n) is 10.2. The normalized spacial score (nSPS) is 13.3. The average molecular weight is 288 g/mol. The first-order chi connectivity index (χ1) is 9.54. The number of carboxylic acid groups (broad SMARTS) is 1. The predicted octanol–water partition coefficient (Wildman–Crippen LogP) is 3.41. The Bertz CT molecular complexity index is 740. The largest absolute Gasteiger partial charge is 0.478 e. The van der Waals surface area contributed by atoms with E-state index in [4.69, 9.17) is 5.11 Å². The van der Waals surface area contributed by atoms with Gasteiger partial charge in [0, 0.05) is 21.8 Å². The number of aromatic carboxylic acids is 1. The highest BCUT2D eigenvalue weighted by molar-refractivity contribution is 7.99. The minimum absolute atomic E-state index is 0.0882. The van der Waals surface area contributed by atoms with Gasteiger partial charge in [0.1, 0.15) is 5.82 Å². The second kappa shape index (κ2) is 4.76. The topological polar surface area (TPSA) is 54.4 Å². The maximum Gasteiger partial charge on any atom is 0.335 e. The van der Waals surface area contributed by atoms with E-state index in [1.54, 1.807) is 6.07 Å². The monoisotopic (exact) mass is 288 g/mol. The molecule has 0 unspecified atom stereocenters. The maximum atomic E-state index is 13.3. The summed E-state index contributed by atoms with van der Waals surface area (Å²) in [5.74, 6) is -1.51. The Balaban J connectivity index is 2.15. The number of carbonyl (C=O) groups is 2. The molecule has 0 aliphatic carbocycles. The van der Waals surface area contributed by atoms with Crippen LogP contribution in [0.2, 0.25) is 0 Å². The molecule has 3 nitrogen and oxygen atoms in total. The quantitative estimate of drug-likeness (QED) is 0.873. The van der Waals surface area contributed by atoms with Gasteiger partial charge in [-0.1, -0.05) is 17.8 Å². The highest BCUT2D eigenvalue weighted by Gasteiger charge is 2.21. The summed E-state index contributed by atoms with van der Waals surface area (Å²) in [6.45, 7) is 0. The van der Waals surface area contributed by atoms with Crippen molar-refractivity contribution >= 4 is 23.5 Å². The fraction of sp³-hybridized carbons (Fsp3) is 0.0667. The van der Waals surface area contributed by atoms with Gasteiger partial charge in [-0.3, -0.25) is 4.79 Å². The molecule has 100 valence electrons. The van der Waals surface area contributed by atoms with Crippen LogP contribution < -0.4 is 0 Å². The Kier molecular flexibility index (Phi) is 3.06. The minimum atomic E-state index is -1.05. The third-order valence-electron chi connectivity index (χ3n) is 3.13. The van der Waals surface area contributed by atoms with Crippen molar-refractivity contribution in [2.24, 2.45) is 0 Å². The Labute approximate surface area is 118 Å². The van der Waals surface area contributed by atoms with Crippen molar-refractivity contribution in [3.05, 3.63) is 58.9 Å². The molecular weight excluding hydrogens is 279 g/mol. The molecule has 0 radical (unpaired) electrons. The lowest BCUT2D eigenvalue weighted by Crippen LogP contribution is -2.05. The summed E-state index contributed by atoms with van der Waals surface area (Å²) in [5.41, 5.74) is 1.36. The Morgan fingerprint density at radius 1 is 1.15 bits per heavy atom. The first-order valence-electron chi connectivity index (χ1n) is 5.91. The highest BCUT2D eigenvalue weighted by Crippen LogP contribution is 2.37. The molecule has 20 heavy (non-hydrogen) atoms. The van der Waals surface area contributed by atoms with E-state index in [0.29, 0.717) is 15.4 Å². The number of hydrogen-bond acceptors (Lipinski definition) is 3.